The Labute approximate surface area is 152 Å². The van der Waals surface area contributed by atoms with Gasteiger partial charge in [0.15, 0.2) is 0 Å². The van der Waals surface area contributed by atoms with E-state index in [1.165, 1.54) is 6.08 Å². The van der Waals surface area contributed by atoms with Gasteiger partial charge < -0.3 is 4.52 Å². The molecule has 0 aliphatic heterocycles. The number of hydrogen-bond acceptors (Lipinski definition) is 5. The monoisotopic (exact) mass is 372 g/mol. The third-order valence-electron chi connectivity index (χ3n) is 4.27. The minimum Gasteiger partial charge on any atom is -0.361 e. The minimum absolute atomic E-state index is 0.0442. The minimum atomic E-state index is -3.82. The van der Waals surface area contributed by atoms with Gasteiger partial charge in [-0.15, -0.1) is 0 Å². The zero-order valence-electron chi connectivity index (χ0n) is 14.6. The predicted molar refractivity (Wildman–Crippen MR) is 98.6 cm³/mol. The molecule has 3 rings (SSSR count). The van der Waals surface area contributed by atoms with Crippen LogP contribution in [0.1, 0.15) is 37.0 Å². The van der Waals surface area contributed by atoms with Crippen LogP contribution in [0.25, 0.3) is 11.3 Å². The van der Waals surface area contributed by atoms with E-state index in [1.807, 2.05) is 43.3 Å². The number of benzene rings is 1. The molecule has 0 radical (unpaired) electrons. The van der Waals surface area contributed by atoms with Gasteiger partial charge in [-0.05, 0) is 19.4 Å². The Morgan fingerprint density at radius 2 is 2.04 bits per heavy atom. The van der Waals surface area contributed by atoms with Gasteiger partial charge >= 0.3 is 0 Å². The maximum atomic E-state index is 12.2. The predicted octanol–water partition coefficient (Wildman–Crippen LogP) is 3.43. The summed E-state index contributed by atoms with van der Waals surface area (Å²) >= 11 is 0. The van der Waals surface area contributed by atoms with Crippen LogP contribution in [-0.2, 0) is 14.8 Å². The van der Waals surface area contributed by atoms with Crippen molar-refractivity contribution in [2.45, 2.75) is 32.6 Å². The van der Waals surface area contributed by atoms with Crippen molar-refractivity contribution < 1.29 is 17.7 Å². The van der Waals surface area contributed by atoms with Crippen molar-refractivity contribution >= 4 is 15.9 Å². The Balaban J connectivity index is 1.86. The van der Waals surface area contributed by atoms with E-state index in [9.17, 15) is 13.2 Å². The normalized spacial score (nSPS) is 17.0. The number of carbonyl (C=O) groups is 1. The standard InChI is InChI=1S/C19H20N2O4S/c1-3-17(22)21-26(23,24)16-11-9-14(10-12-16)18-13(2)25-20-19(18)15-7-5-4-6-8-15/h4-9,11-12,14H,3,10H2,1-2H3,(H,21,22). The molecule has 0 saturated heterocycles. The van der Waals surface area contributed by atoms with Crippen molar-refractivity contribution in [2.24, 2.45) is 0 Å². The van der Waals surface area contributed by atoms with E-state index in [0.29, 0.717) is 12.2 Å². The van der Waals surface area contributed by atoms with Crippen molar-refractivity contribution in [3.63, 3.8) is 0 Å². The summed E-state index contributed by atoms with van der Waals surface area (Å²) in [5, 5.41) is 4.17. The fraction of sp³-hybridized carbons (Fsp3) is 0.263. The van der Waals surface area contributed by atoms with Gasteiger partial charge in [-0.25, -0.2) is 13.1 Å². The number of sulfonamides is 1. The van der Waals surface area contributed by atoms with Crippen molar-refractivity contribution in [1.82, 2.24) is 9.88 Å². The van der Waals surface area contributed by atoms with Gasteiger partial charge in [0.25, 0.3) is 10.0 Å². The number of carbonyl (C=O) groups excluding carboxylic acids is 1. The summed E-state index contributed by atoms with van der Waals surface area (Å²) < 4.78 is 31.9. The zero-order chi connectivity index (χ0) is 18.7. The summed E-state index contributed by atoms with van der Waals surface area (Å²) in [5.41, 5.74) is 2.65. The van der Waals surface area contributed by atoms with E-state index in [-0.39, 0.29) is 17.2 Å². The van der Waals surface area contributed by atoms with Gasteiger partial charge in [-0.2, -0.15) is 0 Å². The molecule has 1 aliphatic carbocycles. The van der Waals surface area contributed by atoms with E-state index in [2.05, 4.69) is 9.88 Å². The molecule has 1 amide bonds. The van der Waals surface area contributed by atoms with Crippen LogP contribution in [0.15, 0.2) is 58.0 Å². The molecule has 1 unspecified atom stereocenters. The molecule has 0 fully saturated rings. The molecular formula is C19H20N2O4S. The number of nitrogens with zero attached hydrogens (tertiary/aromatic N) is 1. The molecule has 26 heavy (non-hydrogen) atoms. The maximum absolute atomic E-state index is 12.2. The van der Waals surface area contributed by atoms with Crippen molar-refractivity contribution in [3.8, 4) is 11.3 Å². The van der Waals surface area contributed by atoms with Crippen LogP contribution in [-0.4, -0.2) is 19.5 Å². The topological polar surface area (TPSA) is 89.3 Å². The van der Waals surface area contributed by atoms with Crippen molar-refractivity contribution in [1.29, 1.82) is 0 Å². The van der Waals surface area contributed by atoms with E-state index in [0.717, 1.165) is 16.8 Å². The molecule has 1 aromatic carbocycles. The van der Waals surface area contributed by atoms with Gasteiger partial charge in [-0.1, -0.05) is 54.6 Å². The molecule has 1 aliphatic rings. The SMILES string of the molecule is CCC(=O)NS(=O)(=O)C1=CCC(c2c(-c3ccccc3)noc2C)C=C1. The second-order valence-corrected chi connectivity index (χ2v) is 7.74. The Hall–Kier alpha value is -2.67. The lowest BCUT2D eigenvalue weighted by Crippen LogP contribution is -2.30. The van der Waals surface area contributed by atoms with Crippen LogP contribution >= 0.6 is 0 Å². The summed E-state index contributed by atoms with van der Waals surface area (Å²) in [6, 6.07) is 9.71. The number of amides is 1. The van der Waals surface area contributed by atoms with E-state index < -0.39 is 15.9 Å². The highest BCUT2D eigenvalue weighted by Crippen LogP contribution is 2.36. The summed E-state index contributed by atoms with van der Waals surface area (Å²) in [7, 11) is -3.82. The van der Waals surface area contributed by atoms with Crippen LogP contribution in [0, 0.1) is 6.92 Å². The Morgan fingerprint density at radius 3 is 2.65 bits per heavy atom. The molecular weight excluding hydrogens is 352 g/mol. The number of nitrogens with one attached hydrogen (secondary N) is 1. The Morgan fingerprint density at radius 1 is 1.31 bits per heavy atom. The quantitative estimate of drug-likeness (QED) is 0.868. The third-order valence-corrected chi connectivity index (χ3v) is 5.69. The van der Waals surface area contributed by atoms with Crippen LogP contribution in [0.4, 0.5) is 0 Å². The van der Waals surface area contributed by atoms with Gasteiger partial charge in [-0.3, -0.25) is 4.79 Å². The van der Waals surface area contributed by atoms with E-state index in [4.69, 9.17) is 4.52 Å². The van der Waals surface area contributed by atoms with Gasteiger partial charge in [0, 0.05) is 23.5 Å². The highest BCUT2D eigenvalue weighted by atomic mass is 32.2. The van der Waals surface area contributed by atoms with Crippen molar-refractivity contribution in [3.05, 3.63) is 64.8 Å². The lowest BCUT2D eigenvalue weighted by molar-refractivity contribution is -0.119. The fourth-order valence-electron chi connectivity index (χ4n) is 2.92. The van der Waals surface area contributed by atoms with E-state index in [1.54, 1.807) is 13.0 Å². The average Bonchev–Trinajstić information content (AvgIpc) is 3.03. The van der Waals surface area contributed by atoms with Crippen LogP contribution < -0.4 is 4.72 Å². The van der Waals surface area contributed by atoms with Crippen molar-refractivity contribution in [2.75, 3.05) is 0 Å². The summed E-state index contributed by atoms with van der Waals surface area (Å²) in [4.78, 5) is 11.5. The van der Waals surface area contributed by atoms with Crippen LogP contribution in [0.3, 0.4) is 0 Å². The fourth-order valence-corrected chi connectivity index (χ4v) is 4.05. The molecule has 0 saturated carbocycles. The first-order valence-electron chi connectivity index (χ1n) is 8.38. The molecule has 1 N–H and O–H groups in total. The first-order chi connectivity index (χ1) is 12.4. The summed E-state index contributed by atoms with van der Waals surface area (Å²) in [5.74, 6) is 0.137. The molecule has 0 bridgehead atoms. The molecule has 136 valence electrons. The molecule has 6 nitrogen and oxygen atoms in total. The molecule has 7 heteroatoms. The first kappa shape index (κ1) is 18.1. The second-order valence-electron chi connectivity index (χ2n) is 6.06. The molecule has 0 spiro atoms. The lowest BCUT2D eigenvalue weighted by atomic mass is 9.89. The lowest BCUT2D eigenvalue weighted by Gasteiger charge is -2.17. The zero-order valence-corrected chi connectivity index (χ0v) is 15.4. The van der Waals surface area contributed by atoms with Gasteiger partial charge in [0.2, 0.25) is 5.91 Å². The van der Waals surface area contributed by atoms with Crippen LogP contribution in [0.2, 0.25) is 0 Å². The smallest absolute Gasteiger partial charge is 0.263 e. The van der Waals surface area contributed by atoms with Gasteiger partial charge in [0.05, 0.1) is 4.91 Å². The number of rotatable bonds is 5. The maximum Gasteiger partial charge on any atom is 0.263 e. The second kappa shape index (κ2) is 7.29. The first-order valence-corrected chi connectivity index (χ1v) is 9.86. The number of allylic oxidation sites excluding steroid dienone is 3. The highest BCUT2D eigenvalue weighted by molar-refractivity contribution is 7.94. The largest absolute Gasteiger partial charge is 0.361 e. The molecule has 1 aromatic heterocycles. The average molecular weight is 372 g/mol. The Kier molecular flexibility index (Phi) is 5.08. The van der Waals surface area contributed by atoms with Gasteiger partial charge in [0.1, 0.15) is 11.5 Å². The van der Waals surface area contributed by atoms with Crippen LogP contribution in [0.5, 0.6) is 0 Å². The molecule has 1 atom stereocenters. The third kappa shape index (κ3) is 3.62. The Bertz CT molecular complexity index is 972. The summed E-state index contributed by atoms with van der Waals surface area (Å²) in [6.07, 6.45) is 5.56. The summed E-state index contributed by atoms with van der Waals surface area (Å²) in [6.45, 7) is 3.45. The molecule has 1 heterocycles. The molecule has 2 aromatic rings. The number of aryl methyl sites for hydroxylation is 1. The van der Waals surface area contributed by atoms with E-state index >= 15 is 0 Å². The number of hydrogen-bond donors (Lipinski definition) is 1. The number of aromatic nitrogens is 1. The highest BCUT2D eigenvalue weighted by Gasteiger charge is 2.26.